The van der Waals surface area contributed by atoms with Crippen LogP contribution in [0.5, 0.6) is 0 Å². The van der Waals surface area contributed by atoms with E-state index in [0.717, 1.165) is 0 Å². The smallest absolute Gasteiger partial charge is 0.202 e. The minimum atomic E-state index is -3.68. The Hall–Kier alpha value is -2.50. The summed E-state index contributed by atoms with van der Waals surface area (Å²) in [6.07, 6.45) is 4.07. The van der Waals surface area contributed by atoms with Crippen LogP contribution in [0.2, 0.25) is 0 Å². The van der Waals surface area contributed by atoms with Crippen LogP contribution in [0.25, 0.3) is 22.2 Å². The number of nitrogens with zero attached hydrogens (tertiary/aromatic N) is 2. The second kappa shape index (κ2) is 6.54. The molecule has 1 aromatic carbocycles. The van der Waals surface area contributed by atoms with Gasteiger partial charge in [-0.3, -0.25) is 9.78 Å². The second-order valence-electron chi connectivity index (χ2n) is 6.79. The SMILES string of the molecule is CCS(=O)(=O)c1cc(C2(C#N)CC2)cnc1-c1coc2ccc(Br)cc2c1=O. The molecular weight excluding hydrogens is 444 g/mol. The Morgan fingerprint density at radius 1 is 1.32 bits per heavy atom. The van der Waals surface area contributed by atoms with Gasteiger partial charge in [0.1, 0.15) is 11.8 Å². The van der Waals surface area contributed by atoms with E-state index in [4.69, 9.17) is 4.42 Å². The van der Waals surface area contributed by atoms with Crippen molar-refractivity contribution in [2.45, 2.75) is 30.1 Å². The van der Waals surface area contributed by atoms with Gasteiger partial charge in [-0.1, -0.05) is 22.9 Å². The summed E-state index contributed by atoms with van der Waals surface area (Å²) >= 11 is 3.33. The lowest BCUT2D eigenvalue weighted by atomic mass is 9.99. The molecule has 8 heteroatoms. The van der Waals surface area contributed by atoms with Crippen LogP contribution in [0.1, 0.15) is 25.3 Å². The minimum Gasteiger partial charge on any atom is -0.463 e. The molecule has 0 spiro atoms. The third-order valence-corrected chi connectivity index (χ3v) is 7.31. The first-order valence-electron chi connectivity index (χ1n) is 8.67. The molecule has 1 aliphatic rings. The molecule has 0 aliphatic heterocycles. The van der Waals surface area contributed by atoms with Gasteiger partial charge in [0, 0.05) is 10.7 Å². The van der Waals surface area contributed by atoms with Gasteiger partial charge in [0.15, 0.2) is 9.84 Å². The number of rotatable bonds is 4. The fraction of sp³-hybridized carbons (Fsp3) is 0.250. The predicted molar refractivity (Wildman–Crippen MR) is 108 cm³/mol. The quantitative estimate of drug-likeness (QED) is 0.585. The fourth-order valence-corrected chi connectivity index (χ4v) is 4.59. The van der Waals surface area contributed by atoms with E-state index < -0.39 is 15.3 Å². The standard InChI is InChI=1S/C20H15BrN2O4S/c1-2-28(25,26)17-7-12(20(11-22)5-6-20)9-23-18(17)15-10-27-16-4-3-13(21)8-14(16)19(15)24/h3-4,7-10H,2,5-6H2,1H3. The highest BCUT2D eigenvalue weighted by atomic mass is 79.9. The van der Waals surface area contributed by atoms with Crippen molar-refractivity contribution in [1.29, 1.82) is 5.26 Å². The van der Waals surface area contributed by atoms with Gasteiger partial charge in [0.05, 0.1) is 38.8 Å². The Kier molecular flexibility index (Phi) is 4.40. The van der Waals surface area contributed by atoms with Gasteiger partial charge in [-0.05, 0) is 42.7 Å². The summed E-state index contributed by atoms with van der Waals surface area (Å²) in [5, 5.41) is 9.77. The molecule has 0 bridgehead atoms. The summed E-state index contributed by atoms with van der Waals surface area (Å²) in [7, 11) is -3.68. The first-order valence-corrected chi connectivity index (χ1v) is 11.1. The largest absolute Gasteiger partial charge is 0.463 e. The van der Waals surface area contributed by atoms with E-state index in [2.05, 4.69) is 27.0 Å². The predicted octanol–water partition coefficient (Wildman–Crippen LogP) is 3.97. The molecule has 0 unspecified atom stereocenters. The van der Waals surface area contributed by atoms with Gasteiger partial charge in [0.25, 0.3) is 0 Å². The number of hydrogen-bond donors (Lipinski definition) is 0. The van der Waals surface area contributed by atoms with Gasteiger partial charge < -0.3 is 4.42 Å². The molecule has 3 aromatic rings. The van der Waals surface area contributed by atoms with Crippen molar-refractivity contribution >= 4 is 36.7 Å². The van der Waals surface area contributed by atoms with Crippen molar-refractivity contribution in [3.8, 4) is 17.3 Å². The zero-order valence-electron chi connectivity index (χ0n) is 14.9. The number of aromatic nitrogens is 1. The van der Waals surface area contributed by atoms with Gasteiger partial charge in [-0.2, -0.15) is 5.26 Å². The van der Waals surface area contributed by atoms with Crippen molar-refractivity contribution in [3.05, 3.63) is 57.0 Å². The van der Waals surface area contributed by atoms with Gasteiger partial charge in [0.2, 0.25) is 5.43 Å². The van der Waals surface area contributed by atoms with E-state index in [1.54, 1.807) is 18.2 Å². The summed E-state index contributed by atoms with van der Waals surface area (Å²) in [5.41, 5.74) is 0.0499. The van der Waals surface area contributed by atoms with Crippen LogP contribution in [-0.4, -0.2) is 19.2 Å². The first kappa shape index (κ1) is 18.8. The molecule has 4 rings (SSSR count). The number of nitriles is 1. The molecule has 1 aliphatic carbocycles. The van der Waals surface area contributed by atoms with Crippen LogP contribution in [0.4, 0.5) is 0 Å². The fourth-order valence-electron chi connectivity index (χ4n) is 3.16. The van der Waals surface area contributed by atoms with Crippen LogP contribution >= 0.6 is 15.9 Å². The van der Waals surface area contributed by atoms with Crippen molar-refractivity contribution in [2.75, 3.05) is 5.75 Å². The summed E-state index contributed by atoms with van der Waals surface area (Å²) in [5.74, 6) is -0.144. The average Bonchev–Trinajstić information content (AvgIpc) is 3.50. The van der Waals surface area contributed by atoms with Crippen molar-refractivity contribution < 1.29 is 12.8 Å². The Morgan fingerprint density at radius 3 is 2.71 bits per heavy atom. The lowest BCUT2D eigenvalue weighted by Gasteiger charge is -2.13. The molecule has 1 fully saturated rings. The van der Waals surface area contributed by atoms with E-state index in [1.165, 1.54) is 25.5 Å². The highest BCUT2D eigenvalue weighted by Crippen LogP contribution is 2.48. The van der Waals surface area contributed by atoms with Crippen LogP contribution in [-0.2, 0) is 15.3 Å². The van der Waals surface area contributed by atoms with E-state index in [1.807, 2.05) is 0 Å². The molecule has 1 saturated carbocycles. The first-order chi connectivity index (χ1) is 13.3. The Morgan fingerprint density at radius 2 is 2.07 bits per heavy atom. The molecular formula is C20H15BrN2O4S. The van der Waals surface area contributed by atoms with Crippen LogP contribution < -0.4 is 5.43 Å². The normalized spacial score (nSPS) is 15.3. The summed E-state index contributed by atoms with van der Waals surface area (Å²) in [4.78, 5) is 17.3. The lowest BCUT2D eigenvalue weighted by Crippen LogP contribution is -2.14. The Bertz CT molecular complexity index is 1320. The molecule has 0 amide bonds. The Labute approximate surface area is 169 Å². The van der Waals surface area contributed by atoms with Crippen LogP contribution in [0.3, 0.4) is 0 Å². The summed E-state index contributed by atoms with van der Waals surface area (Å²) in [6.45, 7) is 1.53. The van der Waals surface area contributed by atoms with Crippen molar-refractivity contribution in [1.82, 2.24) is 4.98 Å². The average molecular weight is 459 g/mol. The molecule has 0 saturated heterocycles. The number of fused-ring (bicyclic) bond motifs is 1. The number of sulfone groups is 1. The summed E-state index contributed by atoms with van der Waals surface area (Å²) < 4.78 is 31.8. The zero-order chi connectivity index (χ0) is 20.1. The number of halogens is 1. The maximum atomic E-state index is 13.0. The van der Waals surface area contributed by atoms with Crippen LogP contribution in [0, 0.1) is 11.3 Å². The highest BCUT2D eigenvalue weighted by Gasteiger charge is 2.46. The molecule has 28 heavy (non-hydrogen) atoms. The monoisotopic (exact) mass is 458 g/mol. The molecule has 2 heterocycles. The van der Waals surface area contributed by atoms with E-state index >= 15 is 0 Å². The topological polar surface area (TPSA) is 101 Å². The number of pyridine rings is 1. The number of benzene rings is 1. The maximum Gasteiger partial charge on any atom is 0.202 e. The molecule has 142 valence electrons. The van der Waals surface area contributed by atoms with Crippen molar-refractivity contribution in [3.63, 3.8) is 0 Å². The summed E-state index contributed by atoms with van der Waals surface area (Å²) in [6, 6.07) is 8.77. The second-order valence-corrected chi connectivity index (χ2v) is 9.95. The van der Waals surface area contributed by atoms with E-state index in [9.17, 15) is 18.5 Å². The molecule has 0 radical (unpaired) electrons. The molecule has 2 aromatic heterocycles. The zero-order valence-corrected chi connectivity index (χ0v) is 17.3. The van der Waals surface area contributed by atoms with E-state index in [0.29, 0.717) is 33.8 Å². The third kappa shape index (κ3) is 2.95. The number of hydrogen-bond acceptors (Lipinski definition) is 6. The van der Waals surface area contributed by atoms with Gasteiger partial charge in [-0.25, -0.2) is 8.42 Å². The van der Waals surface area contributed by atoms with Crippen molar-refractivity contribution in [2.24, 2.45) is 0 Å². The molecule has 6 nitrogen and oxygen atoms in total. The molecule has 0 N–H and O–H groups in total. The molecule has 0 atom stereocenters. The highest BCUT2D eigenvalue weighted by molar-refractivity contribution is 9.10. The van der Waals surface area contributed by atoms with Gasteiger partial charge >= 0.3 is 0 Å². The van der Waals surface area contributed by atoms with Gasteiger partial charge in [-0.15, -0.1) is 0 Å². The maximum absolute atomic E-state index is 13.0. The van der Waals surface area contributed by atoms with E-state index in [-0.39, 0.29) is 27.3 Å². The minimum absolute atomic E-state index is 0.0457. The lowest BCUT2D eigenvalue weighted by molar-refractivity contribution is 0.596. The Balaban J connectivity index is 2.00. The van der Waals surface area contributed by atoms with Crippen LogP contribution in [0.15, 0.2) is 55.3 Å². The third-order valence-electron chi connectivity index (χ3n) is 5.07.